The van der Waals surface area contributed by atoms with Crippen molar-refractivity contribution < 1.29 is 4.42 Å². The van der Waals surface area contributed by atoms with Gasteiger partial charge in [-0.1, -0.05) is 145 Å². The summed E-state index contributed by atoms with van der Waals surface area (Å²) in [5.74, 6) is 1.97. The summed E-state index contributed by atoms with van der Waals surface area (Å²) in [7, 11) is -2.76. The third-order valence-electron chi connectivity index (χ3n) is 11.5. The van der Waals surface area contributed by atoms with Crippen LogP contribution in [0.3, 0.4) is 0 Å². The Labute approximate surface area is 325 Å². The summed E-state index contributed by atoms with van der Waals surface area (Å²) < 4.78 is 8.56. The summed E-state index contributed by atoms with van der Waals surface area (Å²) in [5.41, 5.74) is 10.2. The molecular weight excluding hydrogens is 705 g/mol. The Bertz CT molecular complexity index is 3010. The molecule has 0 amide bonds. The molecule has 0 saturated carbocycles. The lowest BCUT2D eigenvalue weighted by molar-refractivity contribution is 0.669. The maximum absolute atomic E-state index is 6.21. The van der Waals surface area contributed by atoms with Gasteiger partial charge in [0.15, 0.2) is 8.07 Å². The molecule has 3 heterocycles. The highest BCUT2D eigenvalue weighted by atomic mass is 32.2. The van der Waals surface area contributed by atoms with E-state index in [0.717, 1.165) is 51.9 Å². The van der Waals surface area contributed by atoms with Crippen molar-refractivity contribution in [2.45, 2.75) is 23.5 Å². The van der Waals surface area contributed by atoms with Crippen molar-refractivity contribution in [2.75, 3.05) is 0 Å². The van der Waals surface area contributed by atoms with Crippen molar-refractivity contribution >= 4 is 68.4 Å². The smallest absolute Gasteiger partial charge is 0.175 e. The Hall–Kier alpha value is -6.14. The molecule has 5 heteroatoms. The lowest BCUT2D eigenvalue weighted by Crippen LogP contribution is -2.68. The minimum atomic E-state index is -2.76. The Morgan fingerprint density at radius 1 is 0.582 bits per heavy atom. The second kappa shape index (κ2) is 13.0. The molecule has 0 bridgehead atoms. The van der Waals surface area contributed by atoms with Crippen molar-refractivity contribution in [3.63, 3.8) is 0 Å². The summed E-state index contributed by atoms with van der Waals surface area (Å²) in [6.45, 7) is 0. The Morgan fingerprint density at radius 2 is 1.27 bits per heavy atom. The highest BCUT2D eigenvalue weighted by Gasteiger charge is 2.43. The average Bonchev–Trinajstić information content (AvgIpc) is 3.83. The zero-order valence-electron chi connectivity index (χ0n) is 30.2. The maximum atomic E-state index is 6.21. The number of fused-ring (bicyclic) bond motifs is 8. The monoisotopic (exact) mass is 740 g/mol. The van der Waals surface area contributed by atoms with Crippen molar-refractivity contribution in [1.29, 1.82) is 0 Å². The topological polar surface area (TPSA) is 31.0 Å². The number of imidazole rings is 1. The molecule has 11 rings (SSSR count). The number of aromatic nitrogens is 2. The third kappa shape index (κ3) is 5.22. The SMILES string of the molecule is C1=CCCC([Si](c2ccccc2)(c2cccc(-c3ccc4c(c3)SCc3nc5ccccc5n3-4)c2)c2cccc(-c3ccc4oc5ccccc5c4c3)c2)=C1. The molecule has 1 unspecified atom stereocenters. The zero-order valence-corrected chi connectivity index (χ0v) is 32.0. The number of para-hydroxylation sites is 3. The number of hydrogen-bond donors (Lipinski definition) is 0. The van der Waals surface area contributed by atoms with Gasteiger partial charge in [0.05, 0.1) is 22.5 Å². The fraction of sp³-hybridized carbons (Fsp3) is 0.0600. The fourth-order valence-electron chi connectivity index (χ4n) is 9.01. The van der Waals surface area contributed by atoms with Gasteiger partial charge in [-0.25, -0.2) is 4.98 Å². The van der Waals surface area contributed by atoms with Crippen LogP contribution in [-0.2, 0) is 5.75 Å². The Kier molecular flexibility index (Phi) is 7.64. The molecular formula is C50H36N2OSSi. The fourth-order valence-corrected chi connectivity index (χ4v) is 15.1. The van der Waals surface area contributed by atoms with Crippen LogP contribution in [0, 0.1) is 0 Å². The minimum Gasteiger partial charge on any atom is -0.456 e. The van der Waals surface area contributed by atoms with E-state index in [4.69, 9.17) is 9.40 Å². The van der Waals surface area contributed by atoms with E-state index in [1.54, 1.807) is 0 Å². The first kappa shape index (κ1) is 32.3. The summed E-state index contributed by atoms with van der Waals surface area (Å²) in [4.78, 5) is 6.25. The van der Waals surface area contributed by atoms with E-state index in [0.29, 0.717) is 0 Å². The molecule has 9 aromatic rings. The summed E-state index contributed by atoms with van der Waals surface area (Å²) in [5, 5.41) is 8.04. The molecule has 0 N–H and O–H groups in total. The molecule has 1 aliphatic carbocycles. The second-order valence-electron chi connectivity index (χ2n) is 14.6. The van der Waals surface area contributed by atoms with E-state index < -0.39 is 8.07 Å². The first-order valence-corrected chi connectivity index (χ1v) is 22.0. The van der Waals surface area contributed by atoms with Crippen LogP contribution in [0.1, 0.15) is 18.7 Å². The number of hydrogen-bond acceptors (Lipinski definition) is 3. The number of nitrogens with zero attached hydrogens (tertiary/aromatic N) is 2. The molecule has 7 aromatic carbocycles. The molecule has 262 valence electrons. The number of allylic oxidation sites excluding steroid dienone is 4. The molecule has 2 aromatic heterocycles. The quantitative estimate of drug-likeness (QED) is 0.126. The summed E-state index contributed by atoms with van der Waals surface area (Å²) in [6, 6.07) is 60.6. The first-order chi connectivity index (χ1) is 27.2. The van der Waals surface area contributed by atoms with Gasteiger partial charge in [-0.05, 0) is 93.1 Å². The van der Waals surface area contributed by atoms with Gasteiger partial charge in [-0.3, -0.25) is 4.57 Å². The van der Waals surface area contributed by atoms with Gasteiger partial charge < -0.3 is 4.42 Å². The van der Waals surface area contributed by atoms with E-state index in [2.05, 4.69) is 181 Å². The van der Waals surface area contributed by atoms with Crippen LogP contribution in [0.5, 0.6) is 0 Å². The first-order valence-electron chi connectivity index (χ1n) is 19.0. The van der Waals surface area contributed by atoms with E-state index in [9.17, 15) is 0 Å². The highest BCUT2D eigenvalue weighted by Crippen LogP contribution is 2.40. The van der Waals surface area contributed by atoms with E-state index in [1.807, 2.05) is 17.8 Å². The summed E-state index contributed by atoms with van der Waals surface area (Å²) in [6.07, 6.45) is 9.10. The van der Waals surface area contributed by atoms with Gasteiger partial charge in [0.2, 0.25) is 0 Å². The molecule has 0 saturated heterocycles. The molecule has 1 aliphatic heterocycles. The lowest BCUT2D eigenvalue weighted by atomic mass is 10.0. The van der Waals surface area contributed by atoms with Crippen LogP contribution < -0.4 is 15.6 Å². The van der Waals surface area contributed by atoms with E-state index in [-0.39, 0.29) is 0 Å². The van der Waals surface area contributed by atoms with E-state index in [1.165, 1.54) is 59.1 Å². The Morgan fingerprint density at radius 3 is 2.09 bits per heavy atom. The molecule has 0 fully saturated rings. The van der Waals surface area contributed by atoms with Crippen LogP contribution in [-0.4, -0.2) is 17.6 Å². The molecule has 0 radical (unpaired) electrons. The summed E-state index contributed by atoms with van der Waals surface area (Å²) >= 11 is 1.89. The number of thioether (sulfide) groups is 1. The van der Waals surface area contributed by atoms with Gasteiger partial charge in [-0.15, -0.1) is 11.8 Å². The normalized spacial score (nSPS) is 14.8. The van der Waals surface area contributed by atoms with Crippen LogP contribution in [0.4, 0.5) is 0 Å². The average molecular weight is 741 g/mol. The van der Waals surface area contributed by atoms with Crippen molar-refractivity contribution in [3.05, 3.63) is 193 Å². The Balaban J connectivity index is 1.09. The van der Waals surface area contributed by atoms with Crippen LogP contribution in [0.2, 0.25) is 0 Å². The van der Waals surface area contributed by atoms with Gasteiger partial charge in [0.1, 0.15) is 17.0 Å². The second-order valence-corrected chi connectivity index (χ2v) is 19.5. The van der Waals surface area contributed by atoms with Crippen molar-refractivity contribution in [3.8, 4) is 27.9 Å². The van der Waals surface area contributed by atoms with Crippen LogP contribution in [0.25, 0.3) is 60.9 Å². The molecule has 3 nitrogen and oxygen atoms in total. The standard InChI is InChI=1S/C50H36N2OSSi/c1-3-15-38(16-4-1)55(39-17-5-2-6-18-39,40-19-11-13-34(29-40)36-26-28-48-43(31-36)42-21-7-10-24-47(42)53-48)41-20-12-14-35(30-41)37-25-27-46-49(32-37)54-33-50-51-44-22-8-9-23-45(44)52(46)50/h1-5,7-17,19-32H,6,18,33H2. The largest absolute Gasteiger partial charge is 0.456 e. The van der Waals surface area contributed by atoms with Crippen molar-refractivity contribution in [1.82, 2.24) is 9.55 Å². The zero-order chi connectivity index (χ0) is 36.3. The molecule has 2 aliphatic rings. The number of furan rings is 1. The molecule has 55 heavy (non-hydrogen) atoms. The van der Waals surface area contributed by atoms with Gasteiger partial charge in [-0.2, -0.15) is 0 Å². The van der Waals surface area contributed by atoms with Gasteiger partial charge in [0.25, 0.3) is 0 Å². The minimum absolute atomic E-state index is 0.858. The van der Waals surface area contributed by atoms with Crippen LogP contribution >= 0.6 is 11.8 Å². The van der Waals surface area contributed by atoms with Gasteiger partial charge >= 0.3 is 0 Å². The lowest BCUT2D eigenvalue weighted by Gasteiger charge is -2.37. The van der Waals surface area contributed by atoms with Crippen LogP contribution in [0.15, 0.2) is 197 Å². The van der Waals surface area contributed by atoms with Gasteiger partial charge in [0, 0.05) is 15.7 Å². The predicted molar refractivity (Wildman–Crippen MR) is 233 cm³/mol. The molecule has 1 atom stereocenters. The molecule has 0 spiro atoms. The third-order valence-corrected chi connectivity index (χ3v) is 17.5. The predicted octanol–water partition coefficient (Wildman–Crippen LogP) is 11.2. The number of benzene rings is 7. The highest BCUT2D eigenvalue weighted by molar-refractivity contribution is 7.98. The maximum Gasteiger partial charge on any atom is 0.175 e. The van der Waals surface area contributed by atoms with E-state index >= 15 is 0 Å². The number of rotatable bonds is 6. The van der Waals surface area contributed by atoms with Crippen molar-refractivity contribution in [2.24, 2.45) is 0 Å².